The van der Waals surface area contributed by atoms with Gasteiger partial charge >= 0.3 is 18.4 Å². The Morgan fingerprint density at radius 1 is 1.03 bits per heavy atom. The molecule has 4 N–H and O–H groups in total. The van der Waals surface area contributed by atoms with Gasteiger partial charge in [-0.3, -0.25) is 10.1 Å². The second-order valence-corrected chi connectivity index (χ2v) is 8.80. The number of imide groups is 1. The fourth-order valence-corrected chi connectivity index (χ4v) is 3.71. The van der Waals surface area contributed by atoms with Gasteiger partial charge in [-0.1, -0.05) is 0 Å². The van der Waals surface area contributed by atoms with Gasteiger partial charge in [0.2, 0.25) is 11.9 Å². The Bertz CT molecular complexity index is 1440. The SMILES string of the molecule is C[C@@H](Nc1nc(NC2CC2)n2ncc(/C=C3\NC(=O)NC3=O)c2n1)c1cc(C(F)(F)F)cc(C(F)(F)F)c1. The quantitative estimate of drug-likeness (QED) is 0.211. The first-order valence-electron chi connectivity index (χ1n) is 11.2. The molecule has 5 rings (SSSR count). The molecule has 3 aromatic rings. The highest BCUT2D eigenvalue weighted by Crippen LogP contribution is 2.38. The number of halogens is 6. The average molecular weight is 540 g/mol. The number of amides is 3. The van der Waals surface area contributed by atoms with Crippen molar-refractivity contribution in [3.05, 3.63) is 52.3 Å². The Labute approximate surface area is 209 Å². The molecule has 1 saturated carbocycles. The number of hydrogen-bond donors (Lipinski definition) is 4. The summed E-state index contributed by atoms with van der Waals surface area (Å²) in [4.78, 5) is 32.0. The molecule has 1 aliphatic heterocycles. The van der Waals surface area contributed by atoms with E-state index < -0.39 is 41.5 Å². The van der Waals surface area contributed by atoms with E-state index in [2.05, 4.69) is 36.3 Å². The van der Waals surface area contributed by atoms with Gasteiger partial charge in [0.15, 0.2) is 5.65 Å². The minimum Gasteiger partial charge on any atom is -0.351 e. The molecule has 1 saturated heterocycles. The van der Waals surface area contributed by atoms with Crippen LogP contribution >= 0.6 is 0 Å². The van der Waals surface area contributed by atoms with E-state index in [9.17, 15) is 35.9 Å². The maximum Gasteiger partial charge on any atom is 0.416 e. The summed E-state index contributed by atoms with van der Waals surface area (Å²) in [7, 11) is 0. The molecule has 0 spiro atoms. The third-order valence-electron chi connectivity index (χ3n) is 5.78. The third-order valence-corrected chi connectivity index (χ3v) is 5.78. The van der Waals surface area contributed by atoms with Gasteiger partial charge in [0.1, 0.15) is 5.70 Å². The number of benzene rings is 1. The van der Waals surface area contributed by atoms with Gasteiger partial charge in [0.25, 0.3) is 5.91 Å². The molecule has 200 valence electrons. The van der Waals surface area contributed by atoms with E-state index in [1.165, 1.54) is 23.7 Å². The highest BCUT2D eigenvalue weighted by atomic mass is 19.4. The smallest absolute Gasteiger partial charge is 0.351 e. The lowest BCUT2D eigenvalue weighted by atomic mass is 10.0. The topological polar surface area (TPSA) is 125 Å². The largest absolute Gasteiger partial charge is 0.416 e. The van der Waals surface area contributed by atoms with Crippen molar-refractivity contribution in [2.75, 3.05) is 10.6 Å². The molecule has 0 radical (unpaired) electrons. The molecule has 1 aliphatic carbocycles. The number of carbonyl (C=O) groups excluding carboxylic acids is 2. The van der Waals surface area contributed by atoms with Crippen LogP contribution in [0.5, 0.6) is 0 Å². The highest BCUT2D eigenvalue weighted by Gasteiger charge is 2.37. The number of nitrogens with one attached hydrogen (secondary N) is 4. The molecule has 2 fully saturated rings. The van der Waals surface area contributed by atoms with Crippen molar-refractivity contribution in [1.29, 1.82) is 0 Å². The summed E-state index contributed by atoms with van der Waals surface area (Å²) in [5, 5.41) is 14.5. The van der Waals surface area contributed by atoms with Crippen LogP contribution in [-0.4, -0.2) is 37.6 Å². The van der Waals surface area contributed by atoms with Crippen LogP contribution in [0.2, 0.25) is 0 Å². The first-order chi connectivity index (χ1) is 17.8. The zero-order chi connectivity index (χ0) is 27.4. The van der Waals surface area contributed by atoms with Crippen LogP contribution in [-0.2, 0) is 17.1 Å². The van der Waals surface area contributed by atoms with E-state index in [0.717, 1.165) is 12.8 Å². The van der Waals surface area contributed by atoms with Crippen LogP contribution in [0.15, 0.2) is 30.1 Å². The number of hydrogen-bond acceptors (Lipinski definition) is 7. The van der Waals surface area contributed by atoms with Gasteiger partial charge in [-0.25, -0.2) is 4.79 Å². The molecule has 2 aliphatic rings. The van der Waals surface area contributed by atoms with Crippen molar-refractivity contribution < 1.29 is 35.9 Å². The molecule has 0 unspecified atom stereocenters. The summed E-state index contributed by atoms with van der Waals surface area (Å²) in [6, 6.07) is -0.365. The highest BCUT2D eigenvalue weighted by molar-refractivity contribution is 6.14. The first-order valence-corrected chi connectivity index (χ1v) is 11.2. The van der Waals surface area contributed by atoms with E-state index in [1.807, 2.05) is 0 Å². The fourth-order valence-electron chi connectivity index (χ4n) is 3.71. The number of rotatable bonds is 6. The van der Waals surface area contributed by atoms with Gasteiger partial charge < -0.3 is 16.0 Å². The molecule has 3 heterocycles. The number of fused-ring (bicyclic) bond motifs is 1. The van der Waals surface area contributed by atoms with Gasteiger partial charge in [-0.2, -0.15) is 45.9 Å². The van der Waals surface area contributed by atoms with Gasteiger partial charge in [0.05, 0.1) is 23.4 Å². The third kappa shape index (κ3) is 5.19. The number of alkyl halides is 6. The van der Waals surface area contributed by atoms with E-state index in [4.69, 9.17) is 0 Å². The number of nitrogens with zero attached hydrogens (tertiary/aromatic N) is 4. The lowest BCUT2D eigenvalue weighted by Gasteiger charge is -2.19. The fraction of sp³-hybridized carbons (Fsp3) is 0.318. The van der Waals surface area contributed by atoms with E-state index >= 15 is 0 Å². The number of aromatic nitrogens is 4. The Balaban J connectivity index is 1.53. The van der Waals surface area contributed by atoms with Crippen LogP contribution in [0.4, 0.5) is 43.0 Å². The van der Waals surface area contributed by atoms with Crippen LogP contribution in [0.25, 0.3) is 11.7 Å². The number of urea groups is 1. The summed E-state index contributed by atoms with van der Waals surface area (Å²) in [6.07, 6.45) is -5.57. The Kier molecular flexibility index (Phi) is 5.91. The molecule has 3 amide bonds. The molecule has 2 aromatic heterocycles. The molecule has 0 bridgehead atoms. The minimum atomic E-state index is -4.99. The van der Waals surface area contributed by atoms with E-state index in [-0.39, 0.29) is 40.9 Å². The van der Waals surface area contributed by atoms with Crippen molar-refractivity contribution in [3.63, 3.8) is 0 Å². The summed E-state index contributed by atoms with van der Waals surface area (Å²) in [5.74, 6) is -0.562. The van der Waals surface area contributed by atoms with Gasteiger partial charge in [-0.15, -0.1) is 0 Å². The molecule has 38 heavy (non-hydrogen) atoms. The van der Waals surface area contributed by atoms with Crippen LogP contribution in [0, 0.1) is 0 Å². The maximum atomic E-state index is 13.3. The average Bonchev–Trinajstić information content (AvgIpc) is 3.46. The van der Waals surface area contributed by atoms with Crippen LogP contribution < -0.4 is 21.3 Å². The minimum absolute atomic E-state index is 0.0560. The maximum absolute atomic E-state index is 13.3. The van der Waals surface area contributed by atoms with Crippen LogP contribution in [0.1, 0.15) is 48.1 Å². The Morgan fingerprint density at radius 3 is 2.24 bits per heavy atom. The normalized spacial score (nSPS) is 18.0. The zero-order valence-corrected chi connectivity index (χ0v) is 19.3. The molecule has 1 atom stereocenters. The van der Waals surface area contributed by atoms with Crippen molar-refractivity contribution in [2.45, 2.75) is 44.2 Å². The first kappa shape index (κ1) is 25.3. The monoisotopic (exact) mass is 540 g/mol. The summed E-state index contributed by atoms with van der Waals surface area (Å²) in [6.45, 7) is 1.37. The lowest BCUT2D eigenvalue weighted by Crippen LogP contribution is -2.22. The van der Waals surface area contributed by atoms with Crippen molar-refractivity contribution >= 4 is 35.6 Å². The van der Waals surface area contributed by atoms with E-state index in [0.29, 0.717) is 17.7 Å². The molecular formula is C22H18F6N8O2. The second-order valence-electron chi connectivity index (χ2n) is 8.80. The summed E-state index contributed by atoms with van der Waals surface area (Å²) in [5.41, 5.74) is -2.76. The van der Waals surface area contributed by atoms with Crippen LogP contribution in [0.3, 0.4) is 0 Å². The Morgan fingerprint density at radius 2 is 1.68 bits per heavy atom. The standard InChI is InChI=1S/C22H18F6N8O2/c1-9(10-4-12(21(23,24)25)7-13(5-10)22(26,27)28)30-18-33-16-11(6-15-17(37)34-20(38)32-15)8-29-36(16)19(35-18)31-14-2-3-14/h4-9,14H,2-3H2,1H3,(H2,30,31,33,35)(H2,32,34,37,38)/b15-6-/t9-/m1/s1. The molecule has 10 nitrogen and oxygen atoms in total. The Hall–Kier alpha value is -4.37. The lowest BCUT2D eigenvalue weighted by molar-refractivity contribution is -0.143. The zero-order valence-electron chi connectivity index (χ0n) is 19.3. The summed E-state index contributed by atoms with van der Waals surface area (Å²) >= 11 is 0. The van der Waals surface area contributed by atoms with Crippen molar-refractivity contribution in [1.82, 2.24) is 30.2 Å². The van der Waals surface area contributed by atoms with Crippen molar-refractivity contribution in [2.24, 2.45) is 0 Å². The molecule has 1 aromatic carbocycles. The van der Waals surface area contributed by atoms with E-state index in [1.54, 1.807) is 0 Å². The molecule has 16 heteroatoms. The predicted molar refractivity (Wildman–Crippen MR) is 121 cm³/mol. The molecular weight excluding hydrogens is 522 g/mol. The van der Waals surface area contributed by atoms with Crippen molar-refractivity contribution in [3.8, 4) is 0 Å². The second kappa shape index (κ2) is 8.88. The number of anilines is 2. The van der Waals surface area contributed by atoms with Gasteiger partial charge in [0, 0.05) is 11.6 Å². The predicted octanol–water partition coefficient (Wildman–Crippen LogP) is 4.09. The van der Waals surface area contributed by atoms with Gasteiger partial charge in [-0.05, 0) is 49.6 Å². The summed E-state index contributed by atoms with van der Waals surface area (Å²) < 4.78 is 81.2. The number of carbonyl (C=O) groups is 2.